The molecule has 0 fully saturated rings. The molecule has 0 aromatic heterocycles. The van der Waals surface area contributed by atoms with Gasteiger partial charge in [-0.25, -0.2) is 0 Å². The van der Waals surface area contributed by atoms with Crippen LogP contribution in [0, 0.1) is 20.8 Å². The summed E-state index contributed by atoms with van der Waals surface area (Å²) in [6.45, 7) is 30.2. The molecule has 8 nitrogen and oxygen atoms in total. The summed E-state index contributed by atoms with van der Waals surface area (Å²) in [7, 11) is 0. The van der Waals surface area contributed by atoms with Crippen LogP contribution in [0.25, 0.3) is 0 Å². The van der Waals surface area contributed by atoms with Crippen LogP contribution < -0.4 is 0 Å². The van der Waals surface area contributed by atoms with Gasteiger partial charge in [0.15, 0.2) is 11.6 Å². The Labute approximate surface area is 409 Å². The van der Waals surface area contributed by atoms with Crippen LogP contribution in [0.5, 0.6) is 11.5 Å². The topological polar surface area (TPSA) is 156 Å². The van der Waals surface area contributed by atoms with E-state index in [0.717, 1.165) is 82.6 Å². The summed E-state index contributed by atoms with van der Waals surface area (Å²) < 4.78 is 0. The molecular formula is C59H98O8. The van der Waals surface area contributed by atoms with Crippen molar-refractivity contribution in [3.63, 3.8) is 0 Å². The molecule has 6 N–H and O–H groups in total. The van der Waals surface area contributed by atoms with Gasteiger partial charge in [-0.3, -0.25) is 9.59 Å². The molecule has 0 saturated heterocycles. The summed E-state index contributed by atoms with van der Waals surface area (Å²) in [6, 6.07) is 0. The number of rotatable bonds is 26. The molecule has 0 radical (unpaired) electrons. The van der Waals surface area contributed by atoms with Crippen LogP contribution in [0.4, 0.5) is 0 Å². The SMILES string of the molecule is C.C/C(=C\CCC(C)(O)CCc1c(C)c(O)c(C)c(C)c1O)CC/C=C(\C)CCCC(C)(C)O.CC1=C(C)C(=O)C(CCC(C)(O)CC/C=C(\C)CC/C=C(\C)CCCC(C)(C)O)=C(C)C1=O. The Morgan fingerprint density at radius 3 is 1.22 bits per heavy atom. The molecule has 0 saturated carbocycles. The number of benzene rings is 1. The molecule has 0 aliphatic heterocycles. The van der Waals surface area contributed by atoms with Crippen LogP contribution in [0.2, 0.25) is 0 Å². The zero-order chi connectivity index (χ0) is 50.8. The number of hydrogen-bond acceptors (Lipinski definition) is 8. The molecule has 382 valence electrons. The van der Waals surface area contributed by atoms with Gasteiger partial charge >= 0.3 is 0 Å². The number of ketones is 2. The molecule has 1 aliphatic rings. The summed E-state index contributed by atoms with van der Waals surface area (Å²) in [6.07, 6.45) is 23.6. The third-order valence-corrected chi connectivity index (χ3v) is 13.6. The Morgan fingerprint density at radius 2 is 0.806 bits per heavy atom. The molecular weight excluding hydrogens is 837 g/mol. The molecule has 2 unspecified atom stereocenters. The van der Waals surface area contributed by atoms with Gasteiger partial charge in [-0.05, 0) is 243 Å². The maximum atomic E-state index is 12.6. The van der Waals surface area contributed by atoms with Crippen molar-refractivity contribution < 1.29 is 40.2 Å². The first kappa shape index (κ1) is 63.4. The van der Waals surface area contributed by atoms with Crippen molar-refractivity contribution in [2.24, 2.45) is 0 Å². The number of Topliss-reactive ketones (excluding diaryl/α,β-unsaturated/α-hetero) is 2. The van der Waals surface area contributed by atoms with Crippen LogP contribution in [0.3, 0.4) is 0 Å². The van der Waals surface area contributed by atoms with E-state index in [0.29, 0.717) is 77.5 Å². The third kappa shape index (κ3) is 24.5. The number of allylic oxidation sites excluding steroid dienone is 12. The summed E-state index contributed by atoms with van der Waals surface area (Å²) in [5.41, 5.74) is 7.50. The summed E-state index contributed by atoms with van der Waals surface area (Å²) >= 11 is 0. The lowest BCUT2D eigenvalue weighted by molar-refractivity contribution is -0.116. The lowest BCUT2D eigenvalue weighted by atomic mass is 9.82. The summed E-state index contributed by atoms with van der Waals surface area (Å²) in [4.78, 5) is 24.9. The quantitative estimate of drug-likeness (QED) is 0.0305. The van der Waals surface area contributed by atoms with Crippen molar-refractivity contribution in [1.29, 1.82) is 0 Å². The summed E-state index contributed by atoms with van der Waals surface area (Å²) in [5.74, 6) is 0.360. The predicted octanol–water partition coefficient (Wildman–Crippen LogP) is 14.5. The molecule has 0 bridgehead atoms. The van der Waals surface area contributed by atoms with Gasteiger partial charge in [-0.2, -0.15) is 0 Å². The third-order valence-electron chi connectivity index (χ3n) is 13.6. The second-order valence-corrected chi connectivity index (χ2v) is 21.7. The highest BCUT2D eigenvalue weighted by atomic mass is 16.3. The van der Waals surface area contributed by atoms with Crippen LogP contribution in [0.1, 0.15) is 229 Å². The van der Waals surface area contributed by atoms with Gasteiger partial charge in [0.2, 0.25) is 0 Å². The first-order valence-corrected chi connectivity index (χ1v) is 24.8. The molecule has 1 aromatic carbocycles. The van der Waals surface area contributed by atoms with Gasteiger partial charge in [-0.15, -0.1) is 0 Å². The predicted molar refractivity (Wildman–Crippen MR) is 283 cm³/mol. The molecule has 1 aliphatic carbocycles. The average molecular weight is 935 g/mol. The van der Waals surface area contributed by atoms with Crippen LogP contribution >= 0.6 is 0 Å². The largest absolute Gasteiger partial charge is 0.507 e. The van der Waals surface area contributed by atoms with E-state index in [2.05, 4.69) is 52.0 Å². The molecule has 8 heteroatoms. The van der Waals surface area contributed by atoms with Crippen molar-refractivity contribution in [2.45, 2.75) is 256 Å². The van der Waals surface area contributed by atoms with Crippen molar-refractivity contribution in [2.75, 3.05) is 0 Å². The maximum Gasteiger partial charge on any atom is 0.185 e. The Balaban J connectivity index is 0.00000128. The molecule has 67 heavy (non-hydrogen) atoms. The van der Waals surface area contributed by atoms with E-state index in [4.69, 9.17) is 0 Å². The van der Waals surface area contributed by atoms with E-state index in [1.54, 1.807) is 27.7 Å². The Morgan fingerprint density at radius 1 is 0.448 bits per heavy atom. The van der Waals surface area contributed by atoms with E-state index in [9.17, 15) is 40.2 Å². The lowest BCUT2D eigenvalue weighted by Gasteiger charge is -2.25. The first-order chi connectivity index (χ1) is 30.3. The standard InChI is InChI=1S/C29H48O4.C29H46O4.CH4/c2*1-20(14-10-17-28(6,7)32)12-9-13-21(2)15-11-18-29(8,33)19-16-25-24(5)26(30)22(3)23(4)27(25)31;/h12,15,30-33H,9-11,13-14,16-19H2,1-8H3;12,15,32-33H,9-11,13-14,16-19H2,1-8H3;1H4/b2*20-12+,21-15+;. The van der Waals surface area contributed by atoms with Gasteiger partial charge in [0.25, 0.3) is 0 Å². The normalized spacial score (nSPS) is 16.5. The zero-order valence-electron chi connectivity index (χ0n) is 44.5. The molecule has 0 heterocycles. The van der Waals surface area contributed by atoms with Crippen molar-refractivity contribution in [3.05, 3.63) is 91.1 Å². The minimum atomic E-state index is -0.880. The molecule has 0 spiro atoms. The van der Waals surface area contributed by atoms with Crippen LogP contribution in [-0.2, 0) is 16.0 Å². The van der Waals surface area contributed by atoms with Crippen LogP contribution in [0.15, 0.2) is 68.9 Å². The Hall–Kier alpha value is -3.56. The maximum absolute atomic E-state index is 12.6. The minimum Gasteiger partial charge on any atom is -0.507 e. The number of carbonyl (C=O) groups excluding carboxylic acids is 2. The highest BCUT2D eigenvalue weighted by molar-refractivity contribution is 6.24. The van der Waals surface area contributed by atoms with E-state index < -0.39 is 22.4 Å². The molecule has 1 aromatic rings. The Bertz CT molecular complexity index is 1930. The minimum absolute atomic E-state index is 0. The second-order valence-electron chi connectivity index (χ2n) is 21.7. The molecule has 2 rings (SSSR count). The average Bonchev–Trinajstić information content (AvgIpc) is 3.19. The van der Waals surface area contributed by atoms with Crippen molar-refractivity contribution in [1.82, 2.24) is 0 Å². The van der Waals surface area contributed by atoms with Gasteiger partial charge in [0.1, 0.15) is 11.5 Å². The zero-order valence-corrected chi connectivity index (χ0v) is 44.5. The van der Waals surface area contributed by atoms with Gasteiger partial charge in [0, 0.05) is 27.9 Å². The van der Waals surface area contributed by atoms with E-state index >= 15 is 0 Å². The van der Waals surface area contributed by atoms with Crippen molar-refractivity contribution >= 4 is 11.6 Å². The first-order valence-electron chi connectivity index (χ1n) is 24.8. The highest BCUT2D eigenvalue weighted by Crippen LogP contribution is 2.38. The number of carbonyl (C=O) groups is 2. The van der Waals surface area contributed by atoms with Gasteiger partial charge < -0.3 is 30.6 Å². The smallest absolute Gasteiger partial charge is 0.185 e. The highest BCUT2D eigenvalue weighted by Gasteiger charge is 2.30. The number of hydrogen-bond donors (Lipinski definition) is 6. The summed E-state index contributed by atoms with van der Waals surface area (Å²) in [5, 5.41) is 62.1. The van der Waals surface area contributed by atoms with E-state index in [1.165, 1.54) is 22.3 Å². The fourth-order valence-electron chi connectivity index (χ4n) is 8.34. The van der Waals surface area contributed by atoms with Gasteiger partial charge in [0.05, 0.1) is 22.4 Å². The molecule has 0 amide bonds. The second kappa shape index (κ2) is 28.8. The fraction of sp³-hybridized carbons (Fsp3) is 0.661. The number of phenolic OH excluding ortho intramolecular Hbond substituents is 2. The number of aromatic hydroxyl groups is 2. The molecule has 2 atom stereocenters. The van der Waals surface area contributed by atoms with Gasteiger partial charge in [-0.1, -0.05) is 54.0 Å². The fourth-order valence-corrected chi connectivity index (χ4v) is 8.34. The number of aliphatic hydroxyl groups is 4. The monoisotopic (exact) mass is 935 g/mol. The van der Waals surface area contributed by atoms with Crippen LogP contribution in [-0.4, -0.2) is 64.6 Å². The van der Waals surface area contributed by atoms with Crippen molar-refractivity contribution in [3.8, 4) is 11.5 Å². The van der Waals surface area contributed by atoms with E-state index in [-0.39, 0.29) is 30.5 Å². The number of phenols is 2. The lowest BCUT2D eigenvalue weighted by Crippen LogP contribution is -2.26. The van der Waals surface area contributed by atoms with E-state index in [1.807, 2.05) is 55.4 Å². The Kier molecular flexibility index (Phi) is 27.3.